The van der Waals surface area contributed by atoms with Gasteiger partial charge in [-0.3, -0.25) is 8.80 Å². The van der Waals surface area contributed by atoms with E-state index in [9.17, 15) is 19.2 Å². The quantitative estimate of drug-likeness (QED) is 0.173. The predicted molar refractivity (Wildman–Crippen MR) is 349 cm³/mol. The van der Waals surface area contributed by atoms with Crippen molar-refractivity contribution in [2.45, 2.75) is 24.7 Å². The summed E-state index contributed by atoms with van der Waals surface area (Å²) in [6.07, 6.45) is 3.41. The maximum Gasteiger partial charge on any atom is 0.358 e. The third-order valence-electron chi connectivity index (χ3n) is 18.2. The number of fused-ring (bicyclic) bond motifs is 22. The second-order valence-electron chi connectivity index (χ2n) is 22.3. The number of nitrogens with zero attached hydrogens (tertiary/aromatic N) is 6. The molecule has 4 aliphatic rings. The van der Waals surface area contributed by atoms with Crippen molar-refractivity contribution in [3.63, 3.8) is 0 Å². The highest BCUT2D eigenvalue weighted by atomic mass is 16.2. The SMILES string of the molecule is CC.O=c1nc2ccc(-c3ccc4c(c3)C3(c5ccccc5-c5ccccc53)c3ccccc3-4)cn2c(=O)n1-c1ccccc1.O=c1nc2ccccn2c(=O)n1-c1ccc(-c2ccc3c(c2)C2(c4ccccc4-c4ccccc42)c2ccccc2-3)cc1. The van der Waals surface area contributed by atoms with Crippen LogP contribution < -0.4 is 22.8 Å². The van der Waals surface area contributed by atoms with Gasteiger partial charge >= 0.3 is 22.8 Å². The minimum Gasteiger partial charge on any atom is -0.252 e. The highest BCUT2D eigenvalue weighted by Gasteiger charge is 2.53. The smallest absolute Gasteiger partial charge is 0.252 e. The summed E-state index contributed by atoms with van der Waals surface area (Å²) in [5.41, 5.74) is 22.8. The predicted octanol–water partition coefficient (Wildman–Crippen LogP) is 14.7. The highest BCUT2D eigenvalue weighted by Crippen LogP contribution is 2.64. The van der Waals surface area contributed by atoms with Crippen molar-refractivity contribution in [2.24, 2.45) is 0 Å². The molecule has 14 aromatic rings. The minimum atomic E-state index is -0.597. The molecule has 418 valence electrons. The Balaban J connectivity index is 0.000000138. The lowest BCUT2D eigenvalue weighted by Gasteiger charge is -2.30. The maximum atomic E-state index is 13.6. The van der Waals surface area contributed by atoms with Crippen LogP contribution in [0.1, 0.15) is 58.4 Å². The normalized spacial score (nSPS) is 13.2. The molecule has 2 spiro atoms. The van der Waals surface area contributed by atoms with E-state index >= 15 is 0 Å². The van der Waals surface area contributed by atoms with Gasteiger partial charge in [0.15, 0.2) is 0 Å². The van der Waals surface area contributed by atoms with Crippen molar-refractivity contribution in [3.05, 3.63) is 366 Å². The molecule has 4 aliphatic carbocycles. The molecule has 88 heavy (non-hydrogen) atoms. The van der Waals surface area contributed by atoms with Crippen molar-refractivity contribution < 1.29 is 0 Å². The molecular formula is C78H52N6O4. The van der Waals surface area contributed by atoms with Crippen LogP contribution >= 0.6 is 0 Å². The molecule has 0 N–H and O–H groups in total. The summed E-state index contributed by atoms with van der Waals surface area (Å²) in [6, 6.07) is 91.1. The topological polar surface area (TPSA) is 113 Å². The molecule has 0 aliphatic heterocycles. The van der Waals surface area contributed by atoms with Crippen LogP contribution in [0.3, 0.4) is 0 Å². The van der Waals surface area contributed by atoms with E-state index in [4.69, 9.17) is 0 Å². The van der Waals surface area contributed by atoms with Gasteiger partial charge in [0.2, 0.25) is 0 Å². The second-order valence-corrected chi connectivity index (χ2v) is 22.3. The monoisotopic (exact) mass is 1140 g/mol. The maximum absolute atomic E-state index is 13.6. The van der Waals surface area contributed by atoms with E-state index in [1.807, 2.05) is 50.2 Å². The largest absolute Gasteiger partial charge is 0.358 e. The zero-order valence-electron chi connectivity index (χ0n) is 47.9. The molecule has 0 saturated carbocycles. The van der Waals surface area contributed by atoms with Gasteiger partial charge in [0.25, 0.3) is 0 Å². The number of hydrogen-bond donors (Lipinski definition) is 0. The molecule has 10 aromatic carbocycles. The van der Waals surface area contributed by atoms with Crippen LogP contribution in [-0.2, 0) is 10.8 Å². The molecule has 0 amide bonds. The molecule has 10 heteroatoms. The van der Waals surface area contributed by atoms with Gasteiger partial charge in [0.05, 0.1) is 22.2 Å². The van der Waals surface area contributed by atoms with Crippen molar-refractivity contribution in [3.8, 4) is 78.1 Å². The number of pyridine rings is 2. The zero-order chi connectivity index (χ0) is 59.4. The first kappa shape index (κ1) is 52.0. The van der Waals surface area contributed by atoms with Crippen LogP contribution in [0.2, 0.25) is 0 Å². The first-order valence-electron chi connectivity index (χ1n) is 29.6. The summed E-state index contributed by atoms with van der Waals surface area (Å²) in [5.74, 6) is 0. The third-order valence-corrected chi connectivity index (χ3v) is 18.2. The molecule has 0 radical (unpaired) electrons. The molecular weight excluding hydrogens is 1080 g/mol. The lowest BCUT2D eigenvalue weighted by molar-refractivity contribution is 0.792. The Kier molecular flexibility index (Phi) is 11.8. The Morgan fingerprint density at radius 2 is 0.614 bits per heavy atom. The number of aromatic nitrogens is 6. The Hall–Kier alpha value is -11.6. The number of para-hydroxylation sites is 1. The molecule has 0 fully saturated rings. The molecule has 4 aromatic heterocycles. The summed E-state index contributed by atoms with van der Waals surface area (Å²) < 4.78 is 5.06. The Labute approximate surface area is 505 Å². The van der Waals surface area contributed by atoms with E-state index < -0.39 is 33.6 Å². The van der Waals surface area contributed by atoms with Gasteiger partial charge in [-0.25, -0.2) is 28.3 Å². The molecule has 0 atom stereocenters. The summed E-state index contributed by atoms with van der Waals surface area (Å²) in [5, 5.41) is 0. The summed E-state index contributed by atoms with van der Waals surface area (Å²) in [4.78, 5) is 60.8. The van der Waals surface area contributed by atoms with Crippen molar-refractivity contribution in [1.29, 1.82) is 0 Å². The van der Waals surface area contributed by atoms with E-state index in [1.54, 1.807) is 60.9 Å². The van der Waals surface area contributed by atoms with E-state index in [0.717, 1.165) is 31.4 Å². The van der Waals surface area contributed by atoms with Crippen LogP contribution in [0.4, 0.5) is 0 Å². The fourth-order valence-electron chi connectivity index (χ4n) is 14.6. The van der Waals surface area contributed by atoms with Gasteiger partial charge in [0.1, 0.15) is 11.3 Å². The third kappa shape index (κ3) is 7.29. The molecule has 18 rings (SSSR count). The standard InChI is InChI=1S/2C38H23N3O2.C2H6/c42-36-39-35-15-7-8-22-40(35)37(43)41(36)26-19-16-24(17-20-26)25-18-21-30-29-11-3-6-14-33(29)38(34(30)23-25)31-12-4-1-9-27(31)28-10-2-5-13-32(28)38;42-36-39-35-21-19-25(23-40(35)37(43)41(36)26-10-2-1-3-11-26)24-18-20-30-29-14-6-9-17-33(29)38(34(30)22-24)31-15-7-4-12-27(31)28-13-5-8-16-32(28)38;1-2/h2*1-23H;1-2H3. The van der Waals surface area contributed by atoms with E-state index in [1.165, 1.54) is 97.8 Å². The van der Waals surface area contributed by atoms with Gasteiger partial charge in [0, 0.05) is 12.4 Å². The Morgan fingerprint density at radius 1 is 0.284 bits per heavy atom. The zero-order valence-corrected chi connectivity index (χ0v) is 47.9. The molecule has 0 bridgehead atoms. The first-order chi connectivity index (χ1) is 43.3. The van der Waals surface area contributed by atoms with Crippen molar-refractivity contribution >= 4 is 11.3 Å². The lowest BCUT2D eigenvalue weighted by Crippen LogP contribution is -2.38. The fraction of sp³-hybridized carbons (Fsp3) is 0.0513. The van der Waals surface area contributed by atoms with Gasteiger partial charge in [-0.2, -0.15) is 9.97 Å². The molecule has 4 heterocycles. The Bertz CT molecular complexity index is 5360. The van der Waals surface area contributed by atoms with Gasteiger partial charge < -0.3 is 0 Å². The van der Waals surface area contributed by atoms with Crippen LogP contribution in [0.25, 0.3) is 89.4 Å². The van der Waals surface area contributed by atoms with Crippen molar-refractivity contribution in [1.82, 2.24) is 27.9 Å². The van der Waals surface area contributed by atoms with Crippen LogP contribution in [0.15, 0.2) is 298 Å². The summed E-state index contributed by atoms with van der Waals surface area (Å²) in [7, 11) is 0. The molecule has 0 unspecified atom stereocenters. The highest BCUT2D eigenvalue weighted by molar-refractivity contribution is 5.98. The van der Waals surface area contributed by atoms with E-state index in [2.05, 4.69) is 192 Å². The second kappa shape index (κ2) is 20.0. The van der Waals surface area contributed by atoms with Gasteiger partial charge in [-0.05, 0) is 172 Å². The first-order valence-corrected chi connectivity index (χ1v) is 29.6. The number of rotatable bonds is 4. The summed E-state index contributed by atoms with van der Waals surface area (Å²) >= 11 is 0. The number of hydrogen-bond acceptors (Lipinski definition) is 6. The van der Waals surface area contributed by atoms with Crippen LogP contribution in [-0.4, -0.2) is 27.9 Å². The minimum absolute atomic E-state index is 0.314. The Morgan fingerprint density at radius 3 is 1.06 bits per heavy atom. The van der Waals surface area contributed by atoms with Gasteiger partial charge in [-0.15, -0.1) is 0 Å². The molecule has 10 nitrogen and oxygen atoms in total. The molecule has 0 saturated heterocycles. The van der Waals surface area contributed by atoms with Crippen LogP contribution in [0.5, 0.6) is 0 Å². The number of benzene rings is 10. The summed E-state index contributed by atoms with van der Waals surface area (Å²) in [6.45, 7) is 4.00. The average Bonchev–Trinajstić information content (AvgIpc) is 1.52. The lowest BCUT2D eigenvalue weighted by atomic mass is 9.70. The van der Waals surface area contributed by atoms with E-state index in [-0.39, 0.29) is 0 Å². The van der Waals surface area contributed by atoms with E-state index in [0.29, 0.717) is 22.7 Å². The van der Waals surface area contributed by atoms with Crippen molar-refractivity contribution in [2.75, 3.05) is 0 Å². The van der Waals surface area contributed by atoms with Crippen LogP contribution in [0, 0.1) is 0 Å². The van der Waals surface area contributed by atoms with Gasteiger partial charge in [-0.1, -0.05) is 220 Å². The fourth-order valence-corrected chi connectivity index (χ4v) is 14.6. The average molecular weight is 1140 g/mol.